The molecule has 3 rings (SSSR count). The second-order valence-corrected chi connectivity index (χ2v) is 8.60. The summed E-state index contributed by atoms with van der Waals surface area (Å²) in [6, 6.07) is 14.2. The van der Waals surface area contributed by atoms with Crippen molar-refractivity contribution in [2.75, 3.05) is 0 Å². The molecule has 2 aromatic rings. The van der Waals surface area contributed by atoms with E-state index in [1.165, 1.54) is 18.2 Å². The van der Waals surface area contributed by atoms with Gasteiger partial charge in [-0.25, -0.2) is 8.42 Å². The zero-order chi connectivity index (χ0) is 18.4. The predicted molar refractivity (Wildman–Crippen MR) is 92.0 cm³/mol. The van der Waals surface area contributed by atoms with E-state index in [-0.39, 0.29) is 4.90 Å². The molecule has 1 fully saturated rings. The molecule has 0 aromatic heterocycles. The second-order valence-electron chi connectivity index (χ2n) is 6.10. The number of hydrogen-bond acceptors (Lipinski definition) is 4. The van der Waals surface area contributed by atoms with Crippen LogP contribution in [0.1, 0.15) is 17.0 Å². The average Bonchev–Trinajstić information content (AvgIpc) is 3.27. The molecule has 0 saturated heterocycles. The number of rotatable bonds is 4. The molecule has 1 saturated carbocycles. The fraction of sp³-hybridized carbons (Fsp3) is 0.222. The maximum Gasteiger partial charge on any atom is 0.326 e. The van der Waals surface area contributed by atoms with E-state index in [2.05, 4.69) is 0 Å². The van der Waals surface area contributed by atoms with E-state index in [4.69, 9.17) is 11.6 Å². The Balaban J connectivity index is 2.14. The first-order valence-corrected chi connectivity index (χ1v) is 9.38. The Morgan fingerprint density at radius 3 is 2.40 bits per heavy atom. The molecule has 0 unspecified atom stereocenters. The third kappa shape index (κ3) is 2.60. The first-order chi connectivity index (χ1) is 11.7. The molecule has 0 amide bonds. The van der Waals surface area contributed by atoms with Gasteiger partial charge in [-0.05, 0) is 36.8 Å². The van der Waals surface area contributed by atoms with Gasteiger partial charge < -0.3 is 5.11 Å². The number of benzene rings is 2. The number of nitriles is 1. The molecule has 3 atom stereocenters. The zero-order valence-corrected chi connectivity index (χ0v) is 14.8. The van der Waals surface area contributed by atoms with Gasteiger partial charge in [0, 0.05) is 10.9 Å². The van der Waals surface area contributed by atoms with Crippen LogP contribution in [0, 0.1) is 23.7 Å². The summed E-state index contributed by atoms with van der Waals surface area (Å²) in [6.07, 6.45) is 0. The molecule has 0 bridgehead atoms. The fourth-order valence-electron chi connectivity index (χ4n) is 3.23. The highest BCUT2D eigenvalue weighted by Gasteiger charge is 2.77. The van der Waals surface area contributed by atoms with Gasteiger partial charge >= 0.3 is 5.97 Å². The Labute approximate surface area is 150 Å². The van der Waals surface area contributed by atoms with E-state index < -0.39 is 32.4 Å². The largest absolute Gasteiger partial charge is 0.480 e. The minimum atomic E-state index is -4.00. The lowest BCUT2D eigenvalue weighted by Crippen LogP contribution is -2.22. The Bertz CT molecular complexity index is 994. The lowest BCUT2D eigenvalue weighted by atomic mass is 10.0. The van der Waals surface area contributed by atoms with Gasteiger partial charge in [0.1, 0.15) is 5.25 Å². The van der Waals surface area contributed by atoms with E-state index in [9.17, 15) is 23.6 Å². The molecule has 5 nitrogen and oxygen atoms in total. The number of carboxylic acids is 1. The molecule has 1 aliphatic carbocycles. The van der Waals surface area contributed by atoms with Crippen LogP contribution in [-0.2, 0) is 14.6 Å². The molecule has 0 radical (unpaired) electrons. The van der Waals surface area contributed by atoms with Gasteiger partial charge in [-0.2, -0.15) is 5.26 Å². The van der Waals surface area contributed by atoms with Crippen LogP contribution in [0.3, 0.4) is 0 Å². The maximum atomic E-state index is 13.0. The molecule has 0 heterocycles. The van der Waals surface area contributed by atoms with Crippen molar-refractivity contribution < 1.29 is 18.3 Å². The number of hydrogen-bond donors (Lipinski definition) is 1. The summed E-state index contributed by atoms with van der Waals surface area (Å²) in [5.41, 5.74) is -0.711. The van der Waals surface area contributed by atoms with Crippen LogP contribution in [0.25, 0.3) is 0 Å². The first kappa shape index (κ1) is 17.5. The highest BCUT2D eigenvalue weighted by atomic mass is 35.5. The number of nitrogens with zero attached hydrogens (tertiary/aromatic N) is 1. The summed E-state index contributed by atoms with van der Waals surface area (Å²) in [7, 11) is -4.00. The average molecular weight is 376 g/mol. The summed E-state index contributed by atoms with van der Waals surface area (Å²) >= 11 is 5.95. The van der Waals surface area contributed by atoms with Crippen molar-refractivity contribution >= 4 is 27.4 Å². The molecular formula is C18H14ClNO4S. The summed E-state index contributed by atoms with van der Waals surface area (Å²) in [4.78, 5) is 11.8. The lowest BCUT2D eigenvalue weighted by Gasteiger charge is -2.05. The topological polar surface area (TPSA) is 95.2 Å². The summed E-state index contributed by atoms with van der Waals surface area (Å²) < 4.78 is 26.0. The first-order valence-electron chi connectivity index (χ1n) is 7.46. The van der Waals surface area contributed by atoms with Gasteiger partial charge in [0.15, 0.2) is 15.3 Å². The van der Waals surface area contributed by atoms with Crippen molar-refractivity contribution in [2.45, 2.75) is 23.0 Å². The minimum Gasteiger partial charge on any atom is -0.480 e. The Hall–Kier alpha value is -2.36. The van der Waals surface area contributed by atoms with Crippen molar-refractivity contribution in [3.8, 4) is 6.07 Å². The Kier molecular flexibility index (Phi) is 4.10. The van der Waals surface area contributed by atoms with E-state index in [0.717, 1.165) is 5.56 Å². The number of carbonyl (C=O) groups is 1. The van der Waals surface area contributed by atoms with E-state index in [1.807, 2.05) is 6.92 Å². The molecule has 7 heteroatoms. The van der Waals surface area contributed by atoms with Crippen LogP contribution in [0.2, 0.25) is 5.02 Å². The van der Waals surface area contributed by atoms with E-state index in [0.29, 0.717) is 10.6 Å². The van der Waals surface area contributed by atoms with Crippen LogP contribution in [0.15, 0.2) is 53.4 Å². The normalized spacial score (nSPS) is 25.2. The van der Waals surface area contributed by atoms with Crippen LogP contribution >= 0.6 is 11.6 Å². The molecule has 128 valence electrons. The summed E-state index contributed by atoms with van der Waals surface area (Å²) in [6.45, 7) is 1.82. The summed E-state index contributed by atoms with van der Waals surface area (Å²) in [5.74, 6) is -2.42. The van der Waals surface area contributed by atoms with Crippen LogP contribution < -0.4 is 0 Å². The van der Waals surface area contributed by atoms with Gasteiger partial charge in [0.25, 0.3) is 0 Å². The van der Waals surface area contributed by atoms with Crippen molar-refractivity contribution in [2.24, 2.45) is 5.41 Å². The van der Waals surface area contributed by atoms with Crippen LogP contribution in [0.4, 0.5) is 0 Å². The van der Waals surface area contributed by atoms with Gasteiger partial charge in [-0.1, -0.05) is 41.4 Å². The van der Waals surface area contributed by atoms with Crippen molar-refractivity contribution in [1.29, 1.82) is 5.26 Å². The number of aliphatic carboxylic acids is 1. The van der Waals surface area contributed by atoms with Crippen molar-refractivity contribution in [3.05, 3.63) is 64.7 Å². The van der Waals surface area contributed by atoms with E-state index in [1.54, 1.807) is 36.4 Å². The van der Waals surface area contributed by atoms with Crippen LogP contribution in [-0.4, -0.2) is 24.7 Å². The standard InChI is InChI=1S/C18H14ClNO4S/c1-11-5-7-14(8-6-11)25(23,24)16-15(18(16,10-20)17(21)22)12-3-2-4-13(19)9-12/h2-9,15-16H,1H3,(H,21,22)/t15-,16-,18+/m1/s1. The molecule has 2 aromatic carbocycles. The van der Waals surface area contributed by atoms with Gasteiger partial charge in [-0.15, -0.1) is 0 Å². The monoisotopic (exact) mass is 375 g/mol. The van der Waals surface area contributed by atoms with E-state index >= 15 is 0 Å². The molecule has 0 aliphatic heterocycles. The summed E-state index contributed by atoms with van der Waals surface area (Å²) in [5, 5.41) is 18.1. The van der Waals surface area contributed by atoms with Gasteiger partial charge in [0.05, 0.1) is 11.0 Å². The number of sulfone groups is 1. The zero-order valence-electron chi connectivity index (χ0n) is 13.2. The molecule has 0 spiro atoms. The SMILES string of the molecule is Cc1ccc(S(=O)(=O)[C@@H]2[C@@H](c3cccc(Cl)c3)[C@]2(C#N)C(=O)O)cc1. The molecule has 1 N–H and O–H groups in total. The molecule has 25 heavy (non-hydrogen) atoms. The Morgan fingerprint density at radius 1 is 1.24 bits per heavy atom. The van der Waals surface area contributed by atoms with Gasteiger partial charge in [-0.3, -0.25) is 4.79 Å². The Morgan fingerprint density at radius 2 is 1.88 bits per heavy atom. The third-order valence-electron chi connectivity index (χ3n) is 4.56. The van der Waals surface area contributed by atoms with Crippen molar-refractivity contribution in [1.82, 2.24) is 0 Å². The smallest absolute Gasteiger partial charge is 0.326 e. The maximum absolute atomic E-state index is 13.0. The molecular weight excluding hydrogens is 362 g/mol. The number of halogens is 1. The second kappa shape index (κ2) is 5.87. The molecule has 1 aliphatic rings. The highest BCUT2D eigenvalue weighted by Crippen LogP contribution is 2.64. The highest BCUT2D eigenvalue weighted by molar-refractivity contribution is 7.92. The van der Waals surface area contributed by atoms with Gasteiger partial charge in [0.2, 0.25) is 0 Å². The minimum absolute atomic E-state index is 0.00787. The number of carboxylic acid groups (broad SMARTS) is 1. The predicted octanol–water partition coefficient (Wildman–Crippen LogP) is 3.18. The third-order valence-corrected chi connectivity index (χ3v) is 7.04. The number of aryl methyl sites for hydroxylation is 1. The van der Waals surface area contributed by atoms with Crippen molar-refractivity contribution in [3.63, 3.8) is 0 Å². The lowest BCUT2D eigenvalue weighted by molar-refractivity contribution is -0.141. The fourth-order valence-corrected chi connectivity index (χ4v) is 5.68. The van der Waals surface area contributed by atoms with Crippen LogP contribution in [0.5, 0.6) is 0 Å². The quantitative estimate of drug-likeness (QED) is 0.885.